The van der Waals surface area contributed by atoms with Gasteiger partial charge in [-0.05, 0) is 37.8 Å². The number of aliphatic carboxylic acids is 1. The number of likely N-dealkylation sites (tertiary alicyclic amines) is 1. The molecular formula is C22H33N3O6S. The van der Waals surface area contributed by atoms with Gasteiger partial charge in [-0.2, -0.15) is 4.72 Å². The lowest BCUT2D eigenvalue weighted by Gasteiger charge is -2.36. The van der Waals surface area contributed by atoms with Crippen molar-refractivity contribution in [3.05, 3.63) is 29.8 Å². The Balaban J connectivity index is 2.08. The summed E-state index contributed by atoms with van der Waals surface area (Å²) < 4.78 is 28.4. The summed E-state index contributed by atoms with van der Waals surface area (Å²) in [5, 5.41) is 8.87. The average Bonchev–Trinajstić information content (AvgIpc) is 2.76. The van der Waals surface area contributed by atoms with Crippen LogP contribution < -0.4 is 4.72 Å². The van der Waals surface area contributed by atoms with Crippen LogP contribution in [0.25, 0.3) is 0 Å². The van der Waals surface area contributed by atoms with Gasteiger partial charge in [-0.1, -0.05) is 38.0 Å². The van der Waals surface area contributed by atoms with Crippen molar-refractivity contribution in [1.29, 1.82) is 0 Å². The van der Waals surface area contributed by atoms with Gasteiger partial charge >= 0.3 is 5.97 Å². The van der Waals surface area contributed by atoms with Crippen molar-refractivity contribution < 1.29 is 27.9 Å². The van der Waals surface area contributed by atoms with Crippen molar-refractivity contribution in [3.63, 3.8) is 0 Å². The maximum Gasteiger partial charge on any atom is 0.323 e. The molecule has 1 aromatic carbocycles. The Kier molecular flexibility index (Phi) is 8.80. The minimum Gasteiger partial charge on any atom is -0.480 e. The fraction of sp³-hybridized carbons (Fsp3) is 0.591. The highest BCUT2D eigenvalue weighted by Crippen LogP contribution is 2.22. The van der Waals surface area contributed by atoms with Crippen molar-refractivity contribution in [2.24, 2.45) is 11.8 Å². The lowest BCUT2D eigenvalue weighted by molar-refractivity contribution is -0.146. The van der Waals surface area contributed by atoms with E-state index in [1.165, 1.54) is 24.1 Å². The first-order valence-electron chi connectivity index (χ1n) is 10.8. The first kappa shape index (κ1) is 25.8. The zero-order chi connectivity index (χ0) is 24.1. The molecule has 2 atom stereocenters. The van der Waals surface area contributed by atoms with Crippen LogP contribution >= 0.6 is 0 Å². The molecule has 32 heavy (non-hydrogen) atoms. The molecule has 1 saturated heterocycles. The fourth-order valence-electron chi connectivity index (χ4n) is 3.73. The third-order valence-electron chi connectivity index (χ3n) is 6.00. The summed E-state index contributed by atoms with van der Waals surface area (Å²) in [4.78, 5) is 39.4. The van der Waals surface area contributed by atoms with Crippen LogP contribution in [0.15, 0.2) is 29.2 Å². The fourth-order valence-corrected chi connectivity index (χ4v) is 5.03. The predicted molar refractivity (Wildman–Crippen MR) is 119 cm³/mol. The smallest absolute Gasteiger partial charge is 0.323 e. The number of piperidine rings is 1. The summed E-state index contributed by atoms with van der Waals surface area (Å²) in [5.41, 5.74) is 0.935. The summed E-state index contributed by atoms with van der Waals surface area (Å²) in [5.74, 6) is -2.21. The van der Waals surface area contributed by atoms with E-state index in [-0.39, 0.29) is 35.1 Å². The molecule has 1 heterocycles. The van der Waals surface area contributed by atoms with Gasteiger partial charge in [0.05, 0.1) is 4.90 Å². The molecule has 0 aliphatic carbocycles. The van der Waals surface area contributed by atoms with Crippen LogP contribution in [0.5, 0.6) is 0 Å². The number of carboxylic acids is 1. The molecule has 1 aromatic rings. The van der Waals surface area contributed by atoms with Crippen LogP contribution in [0, 0.1) is 18.8 Å². The molecule has 2 rings (SSSR count). The summed E-state index contributed by atoms with van der Waals surface area (Å²) in [6.45, 7) is 5.86. The van der Waals surface area contributed by atoms with Gasteiger partial charge in [-0.25, -0.2) is 8.42 Å². The van der Waals surface area contributed by atoms with E-state index in [0.29, 0.717) is 32.4 Å². The molecule has 10 heteroatoms. The molecule has 1 fully saturated rings. The van der Waals surface area contributed by atoms with Crippen LogP contribution in [-0.2, 0) is 24.4 Å². The third-order valence-corrected chi connectivity index (χ3v) is 7.45. The van der Waals surface area contributed by atoms with Gasteiger partial charge in [0, 0.05) is 26.1 Å². The first-order valence-corrected chi connectivity index (χ1v) is 12.3. The van der Waals surface area contributed by atoms with Crippen molar-refractivity contribution in [2.75, 3.05) is 26.7 Å². The molecule has 178 valence electrons. The van der Waals surface area contributed by atoms with Crippen molar-refractivity contribution in [1.82, 2.24) is 14.5 Å². The minimum atomic E-state index is -3.88. The highest BCUT2D eigenvalue weighted by Gasteiger charge is 2.36. The molecule has 1 aliphatic heterocycles. The van der Waals surface area contributed by atoms with Gasteiger partial charge in [0.1, 0.15) is 12.6 Å². The number of hydrogen-bond donors (Lipinski definition) is 2. The van der Waals surface area contributed by atoms with E-state index < -0.39 is 22.0 Å². The molecule has 9 nitrogen and oxygen atoms in total. The topological polar surface area (TPSA) is 124 Å². The predicted octanol–water partition coefficient (Wildman–Crippen LogP) is 1.47. The summed E-state index contributed by atoms with van der Waals surface area (Å²) in [6.07, 6.45) is 1.43. The largest absolute Gasteiger partial charge is 0.480 e. The Morgan fingerprint density at radius 3 is 2.25 bits per heavy atom. The maximum atomic E-state index is 13.2. The lowest BCUT2D eigenvalue weighted by atomic mass is 9.93. The second kappa shape index (κ2) is 10.9. The van der Waals surface area contributed by atoms with E-state index in [1.54, 1.807) is 17.0 Å². The van der Waals surface area contributed by atoms with Gasteiger partial charge in [-0.15, -0.1) is 0 Å². The van der Waals surface area contributed by atoms with E-state index in [9.17, 15) is 22.8 Å². The number of carboxylic acid groups (broad SMARTS) is 1. The van der Waals surface area contributed by atoms with Gasteiger partial charge in [0.2, 0.25) is 21.8 Å². The van der Waals surface area contributed by atoms with Gasteiger partial charge < -0.3 is 14.9 Å². The number of hydrogen-bond acceptors (Lipinski definition) is 5. The van der Waals surface area contributed by atoms with E-state index >= 15 is 0 Å². The van der Waals surface area contributed by atoms with Crippen LogP contribution in [0.4, 0.5) is 0 Å². The highest BCUT2D eigenvalue weighted by atomic mass is 32.2. The maximum absolute atomic E-state index is 13.2. The van der Waals surface area contributed by atoms with Crippen LogP contribution in [0.1, 0.15) is 38.7 Å². The number of carbonyl (C=O) groups is 3. The van der Waals surface area contributed by atoms with E-state index in [0.717, 1.165) is 5.56 Å². The zero-order valence-electron chi connectivity index (χ0n) is 19.1. The number of nitrogens with one attached hydrogen (secondary N) is 1. The Morgan fingerprint density at radius 2 is 1.75 bits per heavy atom. The van der Waals surface area contributed by atoms with Crippen LogP contribution in [-0.4, -0.2) is 73.8 Å². The monoisotopic (exact) mass is 467 g/mol. The van der Waals surface area contributed by atoms with Gasteiger partial charge in [-0.3, -0.25) is 14.4 Å². The Bertz CT molecular complexity index is 923. The standard InChI is InChI=1S/C22H33N3O6S/c1-5-16(3)20(23-32(30,31)18-8-6-15(2)7-9-18)22(29)25-12-10-17(11-13-25)21(28)24(4)14-19(26)27/h6-9,16-17,20,23H,5,10-14H2,1-4H3,(H,26,27). The number of aryl methyl sites for hydroxylation is 1. The van der Waals surface area contributed by atoms with Gasteiger partial charge in [0.25, 0.3) is 0 Å². The van der Waals surface area contributed by atoms with E-state index in [4.69, 9.17) is 5.11 Å². The molecule has 0 aromatic heterocycles. The molecule has 0 spiro atoms. The number of sulfonamides is 1. The van der Waals surface area contributed by atoms with Crippen molar-refractivity contribution >= 4 is 27.8 Å². The number of nitrogens with zero attached hydrogens (tertiary/aromatic N) is 2. The molecular weight excluding hydrogens is 434 g/mol. The SMILES string of the molecule is CCC(C)C(NS(=O)(=O)c1ccc(C)cc1)C(=O)N1CCC(C(=O)N(C)CC(=O)O)CC1. The van der Waals surface area contributed by atoms with E-state index in [2.05, 4.69) is 4.72 Å². The van der Waals surface area contributed by atoms with Crippen LogP contribution in [0.3, 0.4) is 0 Å². The number of amides is 2. The summed E-state index contributed by atoms with van der Waals surface area (Å²) in [6, 6.07) is 5.53. The minimum absolute atomic E-state index is 0.106. The first-order chi connectivity index (χ1) is 15.0. The molecule has 0 radical (unpaired) electrons. The van der Waals surface area contributed by atoms with Crippen molar-refractivity contribution in [3.8, 4) is 0 Å². The molecule has 2 unspecified atom stereocenters. The molecule has 0 saturated carbocycles. The Labute approximate surface area is 189 Å². The number of carbonyl (C=O) groups excluding carboxylic acids is 2. The molecule has 0 bridgehead atoms. The average molecular weight is 468 g/mol. The second-order valence-corrected chi connectivity index (χ2v) is 10.2. The summed E-state index contributed by atoms with van der Waals surface area (Å²) in [7, 11) is -2.42. The Hall–Kier alpha value is -2.46. The lowest BCUT2D eigenvalue weighted by Crippen LogP contribution is -2.54. The number of benzene rings is 1. The van der Waals surface area contributed by atoms with Gasteiger partial charge in [0.15, 0.2) is 0 Å². The number of rotatable bonds is 9. The molecule has 2 N–H and O–H groups in total. The molecule has 1 aliphatic rings. The quantitative estimate of drug-likeness (QED) is 0.567. The third kappa shape index (κ3) is 6.52. The zero-order valence-corrected chi connectivity index (χ0v) is 19.9. The normalized spacial score (nSPS) is 16.9. The molecule has 2 amide bonds. The second-order valence-electron chi connectivity index (χ2n) is 8.49. The van der Waals surface area contributed by atoms with Crippen LogP contribution in [0.2, 0.25) is 0 Å². The summed E-state index contributed by atoms with van der Waals surface area (Å²) >= 11 is 0. The van der Waals surface area contributed by atoms with E-state index in [1.807, 2.05) is 20.8 Å². The highest BCUT2D eigenvalue weighted by molar-refractivity contribution is 7.89. The Morgan fingerprint density at radius 1 is 1.19 bits per heavy atom. The number of likely N-dealkylation sites (N-methyl/N-ethyl adjacent to an activating group) is 1. The van der Waals surface area contributed by atoms with Crippen molar-refractivity contribution in [2.45, 2.75) is 51.0 Å².